The Morgan fingerprint density at radius 2 is 1.63 bits per heavy atom. The van der Waals surface area contributed by atoms with E-state index in [0.717, 1.165) is 36.7 Å². The standard InChI is InChI=1S/C25H34Cl2N4O3Si/c1-25(2,3)35(4,5)34-15-14-29-20-8-6-7-9-21(20)30(24(29)33)17-10-12-18(13-11-17)31-23(32)22(27)19(26)16-28-31/h6-9,16-18H,10-15H2,1-5H3/t17-,18+. The van der Waals surface area contributed by atoms with Crippen molar-refractivity contribution in [3.05, 3.63) is 61.3 Å². The molecule has 190 valence electrons. The van der Waals surface area contributed by atoms with Crippen LogP contribution >= 0.6 is 23.2 Å². The molecule has 0 amide bonds. The number of para-hydroxylation sites is 2. The van der Waals surface area contributed by atoms with Gasteiger partial charge >= 0.3 is 5.69 Å². The zero-order valence-corrected chi connectivity index (χ0v) is 23.6. The maximum atomic E-state index is 13.6. The van der Waals surface area contributed by atoms with Crippen molar-refractivity contribution in [3.8, 4) is 0 Å². The van der Waals surface area contributed by atoms with E-state index >= 15 is 0 Å². The summed E-state index contributed by atoms with van der Waals surface area (Å²) >= 11 is 12.0. The van der Waals surface area contributed by atoms with E-state index in [1.807, 2.05) is 33.4 Å². The Morgan fingerprint density at radius 3 is 2.26 bits per heavy atom. The Kier molecular flexibility index (Phi) is 7.40. The van der Waals surface area contributed by atoms with Crippen molar-refractivity contribution in [2.24, 2.45) is 0 Å². The molecule has 0 unspecified atom stereocenters. The molecule has 10 heteroatoms. The minimum absolute atomic E-state index is 0.00156. The van der Waals surface area contributed by atoms with E-state index in [9.17, 15) is 9.59 Å². The van der Waals surface area contributed by atoms with E-state index in [-0.39, 0.29) is 38.4 Å². The Bertz CT molecular complexity index is 1330. The van der Waals surface area contributed by atoms with Gasteiger partial charge in [0, 0.05) is 12.6 Å². The van der Waals surface area contributed by atoms with E-state index in [2.05, 4.69) is 39.0 Å². The van der Waals surface area contributed by atoms with Gasteiger partial charge in [0.05, 0.1) is 34.9 Å². The van der Waals surface area contributed by atoms with Crippen LogP contribution in [0.25, 0.3) is 11.0 Å². The highest BCUT2D eigenvalue weighted by atomic mass is 35.5. The smallest absolute Gasteiger partial charge is 0.329 e. The van der Waals surface area contributed by atoms with Crippen molar-refractivity contribution in [3.63, 3.8) is 0 Å². The van der Waals surface area contributed by atoms with Gasteiger partial charge in [-0.2, -0.15) is 5.10 Å². The van der Waals surface area contributed by atoms with E-state index in [0.29, 0.717) is 13.2 Å². The van der Waals surface area contributed by atoms with Crippen molar-refractivity contribution in [1.82, 2.24) is 18.9 Å². The molecule has 3 aromatic rings. The molecule has 1 aromatic carbocycles. The highest BCUT2D eigenvalue weighted by molar-refractivity contribution is 6.74. The molecule has 0 spiro atoms. The number of fused-ring (bicyclic) bond motifs is 1. The maximum absolute atomic E-state index is 13.6. The van der Waals surface area contributed by atoms with Gasteiger partial charge in [-0.3, -0.25) is 13.9 Å². The lowest BCUT2D eigenvalue weighted by Crippen LogP contribution is -2.42. The summed E-state index contributed by atoms with van der Waals surface area (Å²) in [4.78, 5) is 26.1. The molecule has 1 fully saturated rings. The third kappa shape index (κ3) is 5.03. The van der Waals surface area contributed by atoms with Gasteiger partial charge in [-0.15, -0.1) is 0 Å². The molecule has 7 nitrogen and oxygen atoms in total. The number of hydrogen-bond acceptors (Lipinski definition) is 4. The number of aromatic nitrogens is 4. The Balaban J connectivity index is 1.55. The van der Waals surface area contributed by atoms with Crippen LogP contribution in [-0.4, -0.2) is 33.8 Å². The molecule has 1 saturated carbocycles. The minimum Gasteiger partial charge on any atom is -0.415 e. The van der Waals surface area contributed by atoms with Crippen LogP contribution < -0.4 is 11.2 Å². The van der Waals surface area contributed by atoms with Crippen LogP contribution in [-0.2, 0) is 11.0 Å². The van der Waals surface area contributed by atoms with Gasteiger partial charge in [-0.1, -0.05) is 56.1 Å². The lowest BCUT2D eigenvalue weighted by atomic mass is 9.91. The third-order valence-corrected chi connectivity index (χ3v) is 13.0. The van der Waals surface area contributed by atoms with Crippen LogP contribution in [0.5, 0.6) is 0 Å². The molecule has 1 aliphatic rings. The highest BCUT2D eigenvalue weighted by Gasteiger charge is 2.37. The van der Waals surface area contributed by atoms with Gasteiger partial charge in [-0.05, 0) is 55.9 Å². The number of nitrogens with zero attached hydrogens (tertiary/aromatic N) is 4. The van der Waals surface area contributed by atoms with Gasteiger partial charge in [0.25, 0.3) is 5.56 Å². The summed E-state index contributed by atoms with van der Waals surface area (Å²) < 4.78 is 11.6. The molecule has 35 heavy (non-hydrogen) atoms. The molecule has 4 rings (SSSR count). The molecule has 0 N–H and O–H groups in total. The Labute approximate surface area is 216 Å². The second-order valence-electron chi connectivity index (χ2n) is 10.9. The first-order valence-corrected chi connectivity index (χ1v) is 15.9. The van der Waals surface area contributed by atoms with Crippen molar-refractivity contribution in [2.45, 2.75) is 83.2 Å². The molecule has 0 atom stereocenters. The van der Waals surface area contributed by atoms with Gasteiger partial charge in [0.1, 0.15) is 5.02 Å². The van der Waals surface area contributed by atoms with E-state index in [1.54, 1.807) is 0 Å². The van der Waals surface area contributed by atoms with Crippen LogP contribution in [0.2, 0.25) is 28.2 Å². The predicted octanol–water partition coefficient (Wildman–Crippen LogP) is 6.04. The SMILES string of the molecule is CC(C)(C)[Si](C)(C)OCCn1c(=O)n([C@H]2CC[C@@H](n3ncc(Cl)c(Cl)c3=O)CC2)c2ccccc21. The fraction of sp³-hybridized carbons (Fsp3) is 0.560. The first-order chi connectivity index (χ1) is 16.4. The lowest BCUT2D eigenvalue weighted by molar-refractivity contribution is 0.250. The number of rotatable bonds is 6. The summed E-state index contributed by atoms with van der Waals surface area (Å²) in [6.07, 6.45) is 4.42. The zero-order chi connectivity index (χ0) is 25.5. The van der Waals surface area contributed by atoms with Crippen LogP contribution in [0.1, 0.15) is 58.5 Å². The normalized spacial score (nSPS) is 19.4. The molecule has 0 radical (unpaired) electrons. The summed E-state index contributed by atoms with van der Waals surface area (Å²) in [5.41, 5.74) is 1.51. The molecule has 2 aromatic heterocycles. The molecule has 0 aliphatic heterocycles. The topological polar surface area (TPSA) is 71.0 Å². The lowest BCUT2D eigenvalue weighted by Gasteiger charge is -2.36. The second kappa shape index (κ2) is 9.88. The average molecular weight is 538 g/mol. The first kappa shape index (κ1) is 26.2. The second-order valence-corrected chi connectivity index (χ2v) is 16.5. The van der Waals surface area contributed by atoms with E-state index < -0.39 is 8.32 Å². The van der Waals surface area contributed by atoms with E-state index in [4.69, 9.17) is 27.6 Å². The summed E-state index contributed by atoms with van der Waals surface area (Å²) in [6, 6.07) is 7.96. The summed E-state index contributed by atoms with van der Waals surface area (Å²) in [5, 5.41) is 4.50. The molecular weight excluding hydrogens is 503 g/mol. The molecule has 2 heterocycles. The van der Waals surface area contributed by atoms with E-state index in [1.165, 1.54) is 10.9 Å². The molecule has 0 bridgehead atoms. The van der Waals surface area contributed by atoms with Crippen molar-refractivity contribution in [1.29, 1.82) is 0 Å². The quantitative estimate of drug-likeness (QED) is 0.359. The fourth-order valence-corrected chi connectivity index (χ4v) is 5.95. The average Bonchev–Trinajstić information content (AvgIpc) is 3.08. The van der Waals surface area contributed by atoms with Gasteiger partial charge in [-0.25, -0.2) is 9.48 Å². The maximum Gasteiger partial charge on any atom is 0.329 e. The number of imidazole rings is 1. The van der Waals surface area contributed by atoms with Crippen molar-refractivity contribution < 1.29 is 4.43 Å². The van der Waals surface area contributed by atoms with Crippen LogP contribution in [0, 0.1) is 0 Å². The van der Waals surface area contributed by atoms with Gasteiger partial charge in [0.15, 0.2) is 8.32 Å². The van der Waals surface area contributed by atoms with Crippen molar-refractivity contribution >= 4 is 42.6 Å². The Hall–Kier alpha value is -1.87. The number of halogens is 2. The highest BCUT2D eigenvalue weighted by Crippen LogP contribution is 2.37. The number of hydrogen-bond donors (Lipinski definition) is 0. The monoisotopic (exact) mass is 536 g/mol. The minimum atomic E-state index is -1.89. The van der Waals surface area contributed by atoms with Crippen LogP contribution in [0.15, 0.2) is 40.1 Å². The van der Waals surface area contributed by atoms with Crippen LogP contribution in [0.4, 0.5) is 0 Å². The van der Waals surface area contributed by atoms with Crippen LogP contribution in [0.3, 0.4) is 0 Å². The molecule has 1 aliphatic carbocycles. The fourth-order valence-electron chi connectivity index (χ4n) is 4.66. The summed E-state index contributed by atoms with van der Waals surface area (Å²) in [6.45, 7) is 12.1. The zero-order valence-electron chi connectivity index (χ0n) is 21.1. The van der Waals surface area contributed by atoms with Gasteiger partial charge < -0.3 is 4.43 Å². The molecular formula is C25H34Cl2N4O3Si. The Morgan fingerprint density at radius 1 is 1.03 bits per heavy atom. The molecule has 0 saturated heterocycles. The largest absolute Gasteiger partial charge is 0.415 e. The first-order valence-electron chi connectivity index (χ1n) is 12.2. The van der Waals surface area contributed by atoms with Gasteiger partial charge in [0.2, 0.25) is 0 Å². The third-order valence-electron chi connectivity index (χ3n) is 7.73. The summed E-state index contributed by atoms with van der Waals surface area (Å²) in [7, 11) is -1.89. The van der Waals surface area contributed by atoms with Crippen molar-refractivity contribution in [2.75, 3.05) is 6.61 Å². The summed E-state index contributed by atoms with van der Waals surface area (Å²) in [5.74, 6) is 0. The predicted molar refractivity (Wildman–Crippen MR) is 144 cm³/mol. The number of benzene rings is 1.